The molecule has 0 unspecified atom stereocenters. The molecule has 0 aliphatic rings. The lowest BCUT2D eigenvalue weighted by atomic mass is 10.1. The second-order valence-electron chi connectivity index (χ2n) is 5.05. The Morgan fingerprint density at radius 1 is 0.913 bits per heavy atom. The van der Waals surface area contributed by atoms with E-state index in [9.17, 15) is 20.1 Å². The Balaban J connectivity index is 2.25. The molecule has 0 bridgehead atoms. The third-order valence-electron chi connectivity index (χ3n) is 3.68. The molecule has 0 saturated carbocycles. The first kappa shape index (κ1) is 13.3. The molecule has 0 fully saturated rings. The quantitative estimate of drug-likeness (QED) is 0.495. The average Bonchev–Trinajstić information content (AvgIpc) is 2.82. The number of furan rings is 1. The molecule has 2 aromatic carbocycles. The molecular weight excluding hydrogens is 304 g/mol. The van der Waals surface area contributed by atoms with Crippen molar-refractivity contribution in [1.82, 2.24) is 0 Å². The summed E-state index contributed by atoms with van der Waals surface area (Å²) in [6, 6.07) is 5.02. The van der Waals surface area contributed by atoms with Crippen LogP contribution in [0.5, 0.6) is 23.0 Å². The van der Waals surface area contributed by atoms with Gasteiger partial charge in [-0.15, -0.1) is 0 Å². The molecule has 0 radical (unpaired) electrons. The zero-order valence-corrected chi connectivity index (χ0v) is 11.8. The van der Waals surface area contributed by atoms with Gasteiger partial charge in [0, 0.05) is 23.6 Å². The first-order valence-electron chi connectivity index (χ1n) is 6.61. The van der Waals surface area contributed by atoms with Gasteiger partial charge in [-0.2, -0.15) is 0 Å². The first-order valence-corrected chi connectivity index (χ1v) is 6.61. The van der Waals surface area contributed by atoms with E-state index < -0.39 is 11.2 Å². The average molecular weight is 314 g/mol. The summed E-state index contributed by atoms with van der Waals surface area (Å²) in [5.74, 6) is -0.683. The van der Waals surface area contributed by atoms with Gasteiger partial charge in [-0.25, -0.2) is 0 Å². The van der Waals surface area contributed by atoms with Gasteiger partial charge in [-0.05, 0) is 6.07 Å². The maximum Gasteiger partial charge on any atom is 0.302 e. The molecule has 2 aromatic heterocycles. The molecule has 0 atom stereocenters. The molecular formula is C16H10O7. The fourth-order valence-corrected chi connectivity index (χ4v) is 2.66. The molecule has 7 nitrogen and oxygen atoms in total. The first-order chi connectivity index (χ1) is 11.0. The maximum absolute atomic E-state index is 12.7. The Labute approximate surface area is 127 Å². The third-order valence-corrected chi connectivity index (χ3v) is 3.68. The normalized spacial score (nSPS) is 11.5. The fraction of sp³-hybridized carbons (Fsp3) is 0.0625. The van der Waals surface area contributed by atoms with Crippen molar-refractivity contribution in [3.63, 3.8) is 0 Å². The number of aromatic hydroxyl groups is 3. The minimum Gasteiger partial charge on any atom is -0.508 e. The number of hydrogen-bond acceptors (Lipinski definition) is 7. The highest BCUT2D eigenvalue weighted by atomic mass is 16.5. The van der Waals surface area contributed by atoms with Crippen LogP contribution in [0.15, 0.2) is 37.9 Å². The predicted molar refractivity (Wildman–Crippen MR) is 81.3 cm³/mol. The van der Waals surface area contributed by atoms with Crippen LogP contribution in [0.3, 0.4) is 0 Å². The van der Waals surface area contributed by atoms with Gasteiger partial charge >= 0.3 is 5.78 Å². The number of benzene rings is 2. The van der Waals surface area contributed by atoms with Gasteiger partial charge in [0.1, 0.15) is 33.4 Å². The fourth-order valence-electron chi connectivity index (χ4n) is 2.66. The van der Waals surface area contributed by atoms with E-state index in [1.54, 1.807) is 0 Å². The second-order valence-corrected chi connectivity index (χ2v) is 5.05. The molecule has 4 rings (SSSR count). The minimum atomic E-state index is -0.526. The van der Waals surface area contributed by atoms with Gasteiger partial charge in [-0.1, -0.05) is 0 Å². The molecule has 0 spiro atoms. The van der Waals surface area contributed by atoms with Crippen LogP contribution < -0.4 is 10.2 Å². The van der Waals surface area contributed by atoms with Crippen molar-refractivity contribution in [3.05, 3.63) is 34.5 Å². The van der Waals surface area contributed by atoms with Crippen molar-refractivity contribution in [3.8, 4) is 23.0 Å². The zero-order valence-electron chi connectivity index (χ0n) is 11.8. The van der Waals surface area contributed by atoms with Crippen molar-refractivity contribution in [1.29, 1.82) is 0 Å². The van der Waals surface area contributed by atoms with Gasteiger partial charge in [-0.3, -0.25) is 4.79 Å². The number of hydrogen-bond donors (Lipinski definition) is 3. The summed E-state index contributed by atoms with van der Waals surface area (Å²) in [7, 11) is 1.39. The summed E-state index contributed by atoms with van der Waals surface area (Å²) in [6.45, 7) is 0. The number of methoxy groups -OCH3 is 1. The monoisotopic (exact) mass is 314 g/mol. The van der Waals surface area contributed by atoms with Gasteiger partial charge in [0.15, 0.2) is 11.5 Å². The molecule has 2 heterocycles. The van der Waals surface area contributed by atoms with E-state index in [4.69, 9.17) is 13.6 Å². The Morgan fingerprint density at radius 3 is 2.39 bits per heavy atom. The molecule has 0 aliphatic carbocycles. The standard InChI is InChI=1S/C16H10O7/c1-21-11-5-10-7(4-8(11)18)13-15(20)14-9(19)2-6(17)3-12(14)23-16(13)22-10/h2-5,17-19H,1H3. The summed E-state index contributed by atoms with van der Waals surface area (Å²) in [6.07, 6.45) is 0. The molecule has 116 valence electrons. The smallest absolute Gasteiger partial charge is 0.302 e. The van der Waals surface area contributed by atoms with Gasteiger partial charge < -0.3 is 28.9 Å². The van der Waals surface area contributed by atoms with Gasteiger partial charge in [0.25, 0.3) is 0 Å². The number of ether oxygens (including phenoxy) is 1. The topological polar surface area (TPSA) is 113 Å². The number of phenols is 3. The lowest BCUT2D eigenvalue weighted by molar-refractivity contribution is 0.373. The number of phenolic OH excluding ortho intramolecular Hbond substituents is 3. The summed E-state index contributed by atoms with van der Waals surface area (Å²) >= 11 is 0. The Morgan fingerprint density at radius 2 is 1.65 bits per heavy atom. The molecule has 4 aromatic rings. The highest BCUT2D eigenvalue weighted by Crippen LogP contribution is 2.38. The van der Waals surface area contributed by atoms with E-state index in [1.165, 1.54) is 25.3 Å². The van der Waals surface area contributed by atoms with Gasteiger partial charge in [0.2, 0.25) is 5.43 Å². The van der Waals surface area contributed by atoms with Crippen molar-refractivity contribution >= 4 is 33.1 Å². The largest absolute Gasteiger partial charge is 0.508 e. The second kappa shape index (κ2) is 4.33. The minimum absolute atomic E-state index is 0.00440. The highest BCUT2D eigenvalue weighted by Gasteiger charge is 2.20. The Hall–Kier alpha value is -3.35. The lowest BCUT2D eigenvalue weighted by Crippen LogP contribution is -2.01. The summed E-state index contributed by atoms with van der Waals surface area (Å²) < 4.78 is 16.0. The van der Waals surface area contributed by atoms with E-state index in [-0.39, 0.29) is 45.0 Å². The van der Waals surface area contributed by atoms with E-state index in [0.29, 0.717) is 5.39 Å². The van der Waals surface area contributed by atoms with Crippen LogP contribution in [0.2, 0.25) is 0 Å². The Kier molecular flexibility index (Phi) is 2.51. The van der Waals surface area contributed by atoms with Crippen LogP contribution in [0.25, 0.3) is 33.1 Å². The summed E-state index contributed by atoms with van der Waals surface area (Å²) in [5.41, 5.74) is -0.244. The Bertz CT molecular complexity index is 1150. The number of rotatable bonds is 1. The highest BCUT2D eigenvalue weighted by molar-refractivity contribution is 6.07. The van der Waals surface area contributed by atoms with Crippen molar-refractivity contribution in [2.45, 2.75) is 0 Å². The predicted octanol–water partition coefficient (Wildman–Crippen LogP) is 2.82. The maximum atomic E-state index is 12.7. The van der Waals surface area contributed by atoms with E-state index in [1.807, 2.05) is 0 Å². The summed E-state index contributed by atoms with van der Waals surface area (Å²) in [5, 5.41) is 29.7. The SMILES string of the molecule is COc1cc2oc3oc4cc(O)cc(O)c4c(=O)c3c2cc1O. The molecule has 7 heteroatoms. The molecule has 3 N–H and O–H groups in total. The van der Waals surface area contributed by atoms with Crippen LogP contribution in [-0.2, 0) is 0 Å². The molecule has 23 heavy (non-hydrogen) atoms. The van der Waals surface area contributed by atoms with E-state index in [2.05, 4.69) is 0 Å². The lowest BCUT2D eigenvalue weighted by Gasteiger charge is -2.02. The van der Waals surface area contributed by atoms with Crippen molar-refractivity contribution in [2.24, 2.45) is 0 Å². The van der Waals surface area contributed by atoms with Crippen LogP contribution in [0.1, 0.15) is 0 Å². The zero-order chi connectivity index (χ0) is 16.3. The molecule has 0 saturated heterocycles. The molecule has 0 aliphatic heterocycles. The van der Waals surface area contributed by atoms with Crippen LogP contribution in [-0.4, -0.2) is 22.4 Å². The van der Waals surface area contributed by atoms with Crippen LogP contribution >= 0.6 is 0 Å². The van der Waals surface area contributed by atoms with Crippen molar-refractivity contribution < 1.29 is 28.9 Å². The van der Waals surface area contributed by atoms with Crippen LogP contribution in [0, 0.1) is 0 Å². The third kappa shape index (κ3) is 1.73. The van der Waals surface area contributed by atoms with Crippen molar-refractivity contribution in [2.75, 3.05) is 7.11 Å². The summed E-state index contributed by atoms with van der Waals surface area (Å²) in [4.78, 5) is 12.7. The molecule has 0 amide bonds. The van der Waals surface area contributed by atoms with E-state index >= 15 is 0 Å². The van der Waals surface area contributed by atoms with Gasteiger partial charge in [0.05, 0.1) is 7.11 Å². The number of fused-ring (bicyclic) bond motifs is 4. The van der Waals surface area contributed by atoms with Crippen LogP contribution in [0.4, 0.5) is 0 Å². The van der Waals surface area contributed by atoms with E-state index in [0.717, 1.165) is 6.07 Å².